The van der Waals surface area contributed by atoms with Gasteiger partial charge in [0.25, 0.3) is 0 Å². The Kier molecular flexibility index (Phi) is 2.56. The average molecular weight is 229 g/mol. The number of rotatable bonds is 1. The molecule has 1 aliphatic rings. The maximum absolute atomic E-state index is 11.5. The Morgan fingerprint density at radius 1 is 1.40 bits per heavy atom. The summed E-state index contributed by atoms with van der Waals surface area (Å²) in [6, 6.07) is -0.159. The maximum atomic E-state index is 11.5. The minimum Gasteiger partial charge on any atom is -0.346 e. The van der Waals surface area contributed by atoms with Gasteiger partial charge < -0.3 is 10.3 Å². The Labute approximate surface area is 89.2 Å². The van der Waals surface area contributed by atoms with Crippen molar-refractivity contribution in [3.05, 3.63) is 17.2 Å². The third-order valence-electron chi connectivity index (χ3n) is 2.60. The molecule has 84 valence electrons. The van der Waals surface area contributed by atoms with E-state index in [9.17, 15) is 8.42 Å². The average Bonchev–Trinajstić information content (AvgIpc) is 2.43. The van der Waals surface area contributed by atoms with Crippen LogP contribution in [-0.4, -0.2) is 36.4 Å². The smallest absolute Gasteiger partial charge is 0.153 e. The number of nitrogens with zero attached hydrogens (tertiary/aromatic N) is 1. The van der Waals surface area contributed by atoms with Crippen LogP contribution in [0.15, 0.2) is 0 Å². The highest BCUT2D eigenvalue weighted by atomic mass is 32.2. The van der Waals surface area contributed by atoms with Crippen LogP contribution in [0.4, 0.5) is 0 Å². The van der Waals surface area contributed by atoms with Gasteiger partial charge in [-0.25, -0.2) is 13.4 Å². The van der Waals surface area contributed by atoms with E-state index in [1.54, 1.807) is 0 Å². The number of hydrogen-bond donors (Lipinski definition) is 2. The molecule has 0 bridgehead atoms. The van der Waals surface area contributed by atoms with Crippen LogP contribution in [0.25, 0.3) is 0 Å². The van der Waals surface area contributed by atoms with E-state index in [-0.39, 0.29) is 17.5 Å². The van der Waals surface area contributed by atoms with Gasteiger partial charge in [-0.3, -0.25) is 0 Å². The number of aryl methyl sites for hydroxylation is 2. The van der Waals surface area contributed by atoms with Crippen molar-refractivity contribution >= 4 is 9.84 Å². The van der Waals surface area contributed by atoms with E-state index in [1.165, 1.54) is 0 Å². The summed E-state index contributed by atoms with van der Waals surface area (Å²) < 4.78 is 22.9. The largest absolute Gasteiger partial charge is 0.346 e. The normalized spacial score (nSPS) is 25.3. The first-order valence-electron chi connectivity index (χ1n) is 4.95. The molecule has 0 aliphatic carbocycles. The molecule has 1 unspecified atom stereocenters. The zero-order valence-electron chi connectivity index (χ0n) is 8.87. The highest BCUT2D eigenvalue weighted by molar-refractivity contribution is 7.91. The van der Waals surface area contributed by atoms with Gasteiger partial charge in [0, 0.05) is 12.2 Å². The lowest BCUT2D eigenvalue weighted by molar-refractivity contribution is 0.523. The SMILES string of the molecule is Cc1nc(C2CS(=O)(=O)CCN2)c(C)[nH]1. The van der Waals surface area contributed by atoms with Gasteiger partial charge in [-0.05, 0) is 13.8 Å². The van der Waals surface area contributed by atoms with Gasteiger partial charge in [-0.1, -0.05) is 0 Å². The molecule has 1 saturated heterocycles. The molecule has 2 heterocycles. The van der Waals surface area contributed by atoms with Crippen LogP contribution < -0.4 is 5.32 Å². The van der Waals surface area contributed by atoms with E-state index in [0.29, 0.717) is 6.54 Å². The van der Waals surface area contributed by atoms with Crippen LogP contribution in [0, 0.1) is 13.8 Å². The van der Waals surface area contributed by atoms with Crippen LogP contribution in [0.1, 0.15) is 23.3 Å². The molecule has 2 N–H and O–H groups in total. The monoisotopic (exact) mass is 229 g/mol. The first-order valence-corrected chi connectivity index (χ1v) is 6.77. The molecule has 0 spiro atoms. The molecular formula is C9H15N3O2S. The minimum atomic E-state index is -2.90. The van der Waals surface area contributed by atoms with Gasteiger partial charge in [0.1, 0.15) is 5.82 Å². The summed E-state index contributed by atoms with van der Waals surface area (Å²) in [5, 5.41) is 3.18. The second kappa shape index (κ2) is 3.61. The molecule has 0 amide bonds. The zero-order chi connectivity index (χ0) is 11.1. The molecule has 1 aromatic heterocycles. The zero-order valence-corrected chi connectivity index (χ0v) is 9.69. The first-order chi connectivity index (χ1) is 6.98. The molecule has 1 aliphatic heterocycles. The summed E-state index contributed by atoms with van der Waals surface area (Å²) in [6.07, 6.45) is 0. The van der Waals surface area contributed by atoms with Crippen molar-refractivity contribution in [3.8, 4) is 0 Å². The highest BCUT2D eigenvalue weighted by Gasteiger charge is 2.28. The molecule has 1 aromatic rings. The summed E-state index contributed by atoms with van der Waals surface area (Å²) >= 11 is 0. The highest BCUT2D eigenvalue weighted by Crippen LogP contribution is 2.19. The van der Waals surface area contributed by atoms with Gasteiger partial charge in [0.15, 0.2) is 9.84 Å². The Morgan fingerprint density at radius 2 is 2.13 bits per heavy atom. The lowest BCUT2D eigenvalue weighted by Gasteiger charge is -2.22. The van der Waals surface area contributed by atoms with Crippen molar-refractivity contribution in [2.75, 3.05) is 18.1 Å². The molecule has 6 heteroatoms. The number of imidazole rings is 1. The summed E-state index contributed by atoms with van der Waals surface area (Å²) in [7, 11) is -2.90. The third kappa shape index (κ3) is 2.21. The number of aromatic nitrogens is 2. The number of H-pyrrole nitrogens is 1. The standard InChI is InChI=1S/C9H15N3O2S/c1-6-9(12-7(2)11-6)8-5-15(13,14)4-3-10-8/h8,10H,3-5H2,1-2H3,(H,11,12). The van der Waals surface area contributed by atoms with Crippen molar-refractivity contribution in [1.82, 2.24) is 15.3 Å². The molecule has 15 heavy (non-hydrogen) atoms. The number of nitrogens with one attached hydrogen (secondary N) is 2. The van der Waals surface area contributed by atoms with Crippen LogP contribution in [0.5, 0.6) is 0 Å². The van der Waals surface area contributed by atoms with E-state index in [2.05, 4.69) is 15.3 Å². The number of sulfone groups is 1. The molecule has 2 rings (SSSR count). The fourth-order valence-corrected chi connectivity index (χ4v) is 3.31. The predicted octanol–water partition coefficient (Wildman–Crippen LogP) is 0.0856. The Bertz CT molecular complexity index is 464. The van der Waals surface area contributed by atoms with Crippen molar-refractivity contribution in [2.45, 2.75) is 19.9 Å². The first kappa shape index (κ1) is 10.6. The Morgan fingerprint density at radius 3 is 2.67 bits per heavy atom. The predicted molar refractivity (Wildman–Crippen MR) is 57.5 cm³/mol. The minimum absolute atomic E-state index is 0.151. The summed E-state index contributed by atoms with van der Waals surface area (Å²) in [4.78, 5) is 7.40. The summed E-state index contributed by atoms with van der Waals surface area (Å²) in [5.74, 6) is 1.21. The van der Waals surface area contributed by atoms with Gasteiger partial charge in [-0.15, -0.1) is 0 Å². The van der Waals surface area contributed by atoms with Crippen LogP contribution >= 0.6 is 0 Å². The molecule has 0 aromatic carbocycles. The molecule has 1 atom stereocenters. The van der Waals surface area contributed by atoms with E-state index >= 15 is 0 Å². The molecule has 1 fully saturated rings. The van der Waals surface area contributed by atoms with E-state index in [1.807, 2.05) is 13.8 Å². The van der Waals surface area contributed by atoms with E-state index < -0.39 is 9.84 Å². The van der Waals surface area contributed by atoms with Crippen molar-refractivity contribution in [3.63, 3.8) is 0 Å². The van der Waals surface area contributed by atoms with E-state index in [0.717, 1.165) is 17.2 Å². The van der Waals surface area contributed by atoms with Crippen molar-refractivity contribution in [2.24, 2.45) is 0 Å². The van der Waals surface area contributed by atoms with Crippen molar-refractivity contribution in [1.29, 1.82) is 0 Å². The van der Waals surface area contributed by atoms with Gasteiger partial charge in [0.2, 0.25) is 0 Å². The summed E-state index contributed by atoms with van der Waals surface area (Å²) in [6.45, 7) is 4.30. The molecular weight excluding hydrogens is 214 g/mol. The Hall–Kier alpha value is -0.880. The van der Waals surface area contributed by atoms with Gasteiger partial charge in [0.05, 0.1) is 23.2 Å². The van der Waals surface area contributed by atoms with Crippen LogP contribution in [-0.2, 0) is 9.84 Å². The maximum Gasteiger partial charge on any atom is 0.153 e. The fraction of sp³-hybridized carbons (Fsp3) is 0.667. The summed E-state index contributed by atoms with van der Waals surface area (Å²) in [5.41, 5.74) is 1.78. The second-order valence-electron chi connectivity index (χ2n) is 3.95. The Balaban J connectivity index is 2.28. The number of hydrogen-bond acceptors (Lipinski definition) is 4. The third-order valence-corrected chi connectivity index (χ3v) is 4.26. The van der Waals surface area contributed by atoms with E-state index in [4.69, 9.17) is 0 Å². The second-order valence-corrected chi connectivity index (χ2v) is 6.18. The lowest BCUT2D eigenvalue weighted by atomic mass is 10.2. The quantitative estimate of drug-likeness (QED) is 0.715. The molecule has 0 radical (unpaired) electrons. The van der Waals surface area contributed by atoms with Gasteiger partial charge in [-0.2, -0.15) is 0 Å². The fourth-order valence-electron chi connectivity index (χ4n) is 1.93. The molecule has 0 saturated carbocycles. The van der Waals surface area contributed by atoms with Crippen LogP contribution in [0.2, 0.25) is 0 Å². The van der Waals surface area contributed by atoms with Crippen molar-refractivity contribution < 1.29 is 8.42 Å². The lowest BCUT2D eigenvalue weighted by Crippen LogP contribution is -2.39. The number of aromatic amines is 1. The van der Waals surface area contributed by atoms with Crippen LogP contribution in [0.3, 0.4) is 0 Å². The topological polar surface area (TPSA) is 74.8 Å². The van der Waals surface area contributed by atoms with Gasteiger partial charge >= 0.3 is 0 Å². The molecule has 5 nitrogen and oxygen atoms in total.